The van der Waals surface area contributed by atoms with E-state index in [4.69, 9.17) is 0 Å². The molecule has 1 aromatic rings. The van der Waals surface area contributed by atoms with Crippen molar-refractivity contribution in [2.24, 2.45) is 0 Å². The minimum absolute atomic E-state index is 0.0942. The quantitative estimate of drug-likeness (QED) is 0.630. The van der Waals surface area contributed by atoms with Crippen molar-refractivity contribution in [1.29, 1.82) is 0 Å². The topological polar surface area (TPSA) is 41.1 Å². The molecule has 1 heterocycles. The van der Waals surface area contributed by atoms with Gasteiger partial charge in [-0.05, 0) is 43.7 Å². The first-order valence-electron chi connectivity index (χ1n) is 6.69. The van der Waals surface area contributed by atoms with Gasteiger partial charge in [0.15, 0.2) is 0 Å². The summed E-state index contributed by atoms with van der Waals surface area (Å²) in [4.78, 5) is 13.0. The van der Waals surface area contributed by atoms with E-state index in [0.29, 0.717) is 12.3 Å². The Hall–Kier alpha value is -0.780. The summed E-state index contributed by atoms with van der Waals surface area (Å²) < 4.78 is 1.07. The van der Waals surface area contributed by atoms with Gasteiger partial charge in [0.1, 0.15) is 0 Å². The number of benzene rings is 1. The smallest absolute Gasteiger partial charge is 0.230 e. The maximum Gasteiger partial charge on any atom is 0.230 e. The van der Waals surface area contributed by atoms with Gasteiger partial charge in [-0.1, -0.05) is 27.6 Å². The highest BCUT2D eigenvalue weighted by Crippen LogP contribution is 2.25. The van der Waals surface area contributed by atoms with E-state index in [0.717, 1.165) is 28.9 Å². The molecule has 0 saturated heterocycles. The monoisotopic (exact) mass is 354 g/mol. The highest BCUT2D eigenvalue weighted by Gasteiger charge is 2.07. The average molecular weight is 355 g/mol. The Morgan fingerprint density at radius 3 is 3.05 bits per heavy atom. The predicted molar refractivity (Wildman–Crippen MR) is 88.2 cm³/mol. The molecule has 0 aromatic heterocycles. The van der Waals surface area contributed by atoms with E-state index in [2.05, 4.69) is 45.6 Å². The van der Waals surface area contributed by atoms with Crippen LogP contribution in [0.25, 0.3) is 0 Å². The van der Waals surface area contributed by atoms with Crippen LogP contribution >= 0.6 is 27.7 Å². The lowest BCUT2D eigenvalue weighted by atomic mass is 10.1. The summed E-state index contributed by atoms with van der Waals surface area (Å²) in [6.07, 6.45) is 3.19. The number of amides is 1. The van der Waals surface area contributed by atoms with E-state index in [1.54, 1.807) is 11.8 Å². The lowest BCUT2D eigenvalue weighted by molar-refractivity contribution is -0.118. The van der Waals surface area contributed by atoms with E-state index >= 15 is 0 Å². The van der Waals surface area contributed by atoms with Crippen LogP contribution in [-0.2, 0) is 4.79 Å². The number of hydrogen-bond acceptors (Lipinski definition) is 3. The fraction of sp³-hybridized carbons (Fsp3) is 0.400. The lowest BCUT2D eigenvalue weighted by Gasteiger charge is -2.14. The molecule has 0 aliphatic carbocycles. The Labute approximate surface area is 132 Å². The number of aryl methyl sites for hydroxylation is 1. The van der Waals surface area contributed by atoms with E-state index in [1.807, 2.05) is 12.1 Å². The SMILES string of the molecule is Cc1cc(Br)ccc1SCC(=O)NCC1=CCNCC1. The predicted octanol–water partition coefficient (Wildman–Crippen LogP) is 2.89. The van der Waals surface area contributed by atoms with Gasteiger partial charge in [-0.15, -0.1) is 11.8 Å². The van der Waals surface area contributed by atoms with Crippen molar-refractivity contribution in [3.05, 3.63) is 39.9 Å². The Balaban J connectivity index is 1.75. The number of halogens is 1. The van der Waals surface area contributed by atoms with Gasteiger partial charge in [-0.25, -0.2) is 0 Å². The summed E-state index contributed by atoms with van der Waals surface area (Å²) in [7, 11) is 0. The third kappa shape index (κ3) is 4.96. The first-order chi connectivity index (χ1) is 9.65. The number of rotatable bonds is 5. The van der Waals surface area contributed by atoms with Crippen molar-refractivity contribution in [2.45, 2.75) is 18.2 Å². The van der Waals surface area contributed by atoms with Crippen molar-refractivity contribution >= 4 is 33.6 Å². The van der Waals surface area contributed by atoms with Crippen molar-refractivity contribution < 1.29 is 4.79 Å². The molecule has 20 heavy (non-hydrogen) atoms. The van der Waals surface area contributed by atoms with Gasteiger partial charge in [0.05, 0.1) is 5.75 Å². The van der Waals surface area contributed by atoms with Gasteiger partial charge in [-0.3, -0.25) is 4.79 Å². The van der Waals surface area contributed by atoms with Crippen LogP contribution in [0.1, 0.15) is 12.0 Å². The number of thioether (sulfide) groups is 1. The maximum atomic E-state index is 11.9. The average Bonchev–Trinajstić information content (AvgIpc) is 2.45. The second-order valence-electron chi connectivity index (χ2n) is 4.79. The minimum Gasteiger partial charge on any atom is -0.352 e. The molecule has 2 N–H and O–H groups in total. The third-order valence-electron chi connectivity index (χ3n) is 3.17. The molecule has 0 bridgehead atoms. The maximum absolute atomic E-state index is 11.9. The largest absolute Gasteiger partial charge is 0.352 e. The van der Waals surface area contributed by atoms with Crippen LogP contribution in [0.15, 0.2) is 39.2 Å². The summed E-state index contributed by atoms with van der Waals surface area (Å²) >= 11 is 5.03. The molecule has 5 heteroatoms. The van der Waals surface area contributed by atoms with Crippen LogP contribution in [0.3, 0.4) is 0 Å². The summed E-state index contributed by atoms with van der Waals surface area (Å²) in [5.41, 5.74) is 2.51. The van der Waals surface area contributed by atoms with E-state index in [9.17, 15) is 4.79 Å². The van der Waals surface area contributed by atoms with Crippen LogP contribution in [-0.4, -0.2) is 31.3 Å². The van der Waals surface area contributed by atoms with Crippen molar-refractivity contribution in [1.82, 2.24) is 10.6 Å². The van der Waals surface area contributed by atoms with Gasteiger partial charge in [-0.2, -0.15) is 0 Å². The van der Waals surface area contributed by atoms with E-state index in [1.165, 1.54) is 11.1 Å². The molecule has 0 fully saturated rings. The second kappa shape index (κ2) is 7.86. The first-order valence-corrected chi connectivity index (χ1v) is 8.47. The molecule has 0 spiro atoms. The Morgan fingerprint density at radius 1 is 1.50 bits per heavy atom. The highest BCUT2D eigenvalue weighted by atomic mass is 79.9. The van der Waals surface area contributed by atoms with E-state index < -0.39 is 0 Å². The molecule has 0 atom stereocenters. The third-order valence-corrected chi connectivity index (χ3v) is 4.84. The Morgan fingerprint density at radius 2 is 2.35 bits per heavy atom. The molecular formula is C15H19BrN2OS. The van der Waals surface area contributed by atoms with Crippen LogP contribution in [0.5, 0.6) is 0 Å². The van der Waals surface area contributed by atoms with Crippen LogP contribution in [0.4, 0.5) is 0 Å². The summed E-state index contributed by atoms with van der Waals surface area (Å²) in [6, 6.07) is 6.12. The van der Waals surface area contributed by atoms with Gasteiger partial charge >= 0.3 is 0 Å². The van der Waals surface area contributed by atoms with Gasteiger partial charge in [0.2, 0.25) is 5.91 Å². The van der Waals surface area contributed by atoms with Gasteiger partial charge < -0.3 is 10.6 Å². The summed E-state index contributed by atoms with van der Waals surface area (Å²) in [5.74, 6) is 0.560. The van der Waals surface area contributed by atoms with Crippen LogP contribution < -0.4 is 10.6 Å². The molecule has 1 amide bonds. The second-order valence-corrected chi connectivity index (χ2v) is 6.72. The number of carbonyl (C=O) groups excluding carboxylic acids is 1. The first kappa shape index (κ1) is 15.6. The zero-order valence-electron chi connectivity index (χ0n) is 11.5. The van der Waals surface area contributed by atoms with Gasteiger partial charge in [0.25, 0.3) is 0 Å². The van der Waals surface area contributed by atoms with Crippen molar-refractivity contribution in [3.63, 3.8) is 0 Å². The van der Waals surface area contributed by atoms with Gasteiger partial charge in [0, 0.05) is 22.5 Å². The number of nitrogens with one attached hydrogen (secondary N) is 2. The molecule has 1 aromatic carbocycles. The molecule has 108 valence electrons. The number of hydrogen-bond donors (Lipinski definition) is 2. The minimum atomic E-state index is 0.0942. The molecule has 0 radical (unpaired) electrons. The summed E-state index contributed by atoms with van der Waals surface area (Å²) in [6.45, 7) is 4.66. The normalized spacial score (nSPS) is 14.8. The molecule has 0 unspecified atom stereocenters. The standard InChI is InChI=1S/C15H19BrN2OS/c1-11-8-13(16)2-3-14(11)20-10-15(19)18-9-12-4-6-17-7-5-12/h2-4,8,17H,5-7,9-10H2,1H3,(H,18,19). The lowest BCUT2D eigenvalue weighted by Crippen LogP contribution is -2.30. The van der Waals surface area contributed by atoms with E-state index in [-0.39, 0.29) is 5.91 Å². The zero-order valence-corrected chi connectivity index (χ0v) is 13.9. The molecule has 1 aliphatic heterocycles. The van der Waals surface area contributed by atoms with Crippen molar-refractivity contribution in [3.8, 4) is 0 Å². The fourth-order valence-corrected chi connectivity index (χ4v) is 3.33. The summed E-state index contributed by atoms with van der Waals surface area (Å²) in [5, 5.41) is 6.25. The zero-order chi connectivity index (χ0) is 14.4. The van der Waals surface area contributed by atoms with Crippen LogP contribution in [0.2, 0.25) is 0 Å². The van der Waals surface area contributed by atoms with Crippen molar-refractivity contribution in [2.75, 3.05) is 25.4 Å². The molecule has 2 rings (SSSR count). The fourth-order valence-electron chi connectivity index (χ4n) is 2.01. The molecule has 1 aliphatic rings. The molecular weight excluding hydrogens is 336 g/mol. The highest BCUT2D eigenvalue weighted by molar-refractivity contribution is 9.10. The Bertz CT molecular complexity index is 517. The number of carbonyl (C=O) groups is 1. The van der Waals surface area contributed by atoms with Crippen LogP contribution in [0, 0.1) is 6.92 Å². The molecule has 0 saturated carbocycles. The Kier molecular flexibility index (Phi) is 6.13. The molecule has 3 nitrogen and oxygen atoms in total.